The lowest BCUT2D eigenvalue weighted by molar-refractivity contribution is -0.142. The molecule has 33 heavy (non-hydrogen) atoms. The smallest absolute Gasteiger partial charge is 0.231 e. The number of rotatable bonds is 2. The molecule has 0 saturated heterocycles. The Morgan fingerprint density at radius 3 is 2.48 bits per heavy atom. The van der Waals surface area contributed by atoms with Gasteiger partial charge in [0.15, 0.2) is 17.2 Å². The molecule has 1 fully saturated rings. The van der Waals surface area contributed by atoms with E-state index < -0.39 is 0 Å². The molecule has 3 heterocycles. The summed E-state index contributed by atoms with van der Waals surface area (Å²) in [7, 11) is 0. The van der Waals surface area contributed by atoms with Gasteiger partial charge in [0.25, 0.3) is 0 Å². The van der Waals surface area contributed by atoms with Crippen LogP contribution in [0.5, 0.6) is 17.2 Å². The van der Waals surface area contributed by atoms with Crippen molar-refractivity contribution in [3.05, 3.63) is 89.5 Å². The van der Waals surface area contributed by atoms with E-state index in [0.717, 1.165) is 60.6 Å². The quantitative estimate of drug-likeness (QED) is 0.491. The Kier molecular flexibility index (Phi) is 4.20. The van der Waals surface area contributed by atoms with Gasteiger partial charge in [-0.25, -0.2) is 5.01 Å². The number of hydrazone groups is 1. The monoisotopic (exact) mass is 438 g/mol. The van der Waals surface area contributed by atoms with Crippen molar-refractivity contribution in [2.24, 2.45) is 5.10 Å². The van der Waals surface area contributed by atoms with Crippen LogP contribution in [0.1, 0.15) is 60.8 Å². The summed E-state index contributed by atoms with van der Waals surface area (Å²) < 4.78 is 17.9. The van der Waals surface area contributed by atoms with Gasteiger partial charge in [-0.2, -0.15) is 5.10 Å². The molecule has 5 nitrogen and oxygen atoms in total. The normalized spacial score (nSPS) is 27.0. The van der Waals surface area contributed by atoms with Gasteiger partial charge < -0.3 is 14.2 Å². The number of ether oxygens (including phenoxy) is 3. The van der Waals surface area contributed by atoms with Crippen LogP contribution in [-0.2, 0) is 0 Å². The third-order valence-electron chi connectivity index (χ3n) is 7.65. The van der Waals surface area contributed by atoms with Crippen LogP contribution in [0.3, 0.4) is 0 Å². The summed E-state index contributed by atoms with van der Waals surface area (Å²) in [5.74, 6) is 3.20. The van der Waals surface area contributed by atoms with Crippen molar-refractivity contribution in [3.63, 3.8) is 0 Å². The summed E-state index contributed by atoms with van der Waals surface area (Å²) in [6, 6.07) is 25.7. The molecule has 0 bridgehead atoms. The average Bonchev–Trinajstić information content (AvgIpc) is 3.53. The number of hydrogen-bond acceptors (Lipinski definition) is 5. The molecular formula is C28H26N2O3. The number of fused-ring (bicyclic) bond motifs is 5. The van der Waals surface area contributed by atoms with E-state index in [2.05, 4.69) is 71.7 Å². The van der Waals surface area contributed by atoms with Gasteiger partial charge in [-0.15, -0.1) is 0 Å². The fourth-order valence-electron chi connectivity index (χ4n) is 5.94. The highest BCUT2D eigenvalue weighted by molar-refractivity contribution is 6.02. The molecule has 3 aromatic carbocycles. The van der Waals surface area contributed by atoms with E-state index in [0.29, 0.717) is 5.92 Å². The number of hydrogen-bond donors (Lipinski definition) is 0. The Morgan fingerprint density at radius 1 is 0.818 bits per heavy atom. The van der Waals surface area contributed by atoms with E-state index in [-0.39, 0.29) is 18.6 Å². The van der Waals surface area contributed by atoms with Crippen LogP contribution in [0.25, 0.3) is 0 Å². The zero-order valence-corrected chi connectivity index (χ0v) is 18.4. The van der Waals surface area contributed by atoms with Gasteiger partial charge in [0.1, 0.15) is 5.75 Å². The van der Waals surface area contributed by atoms with Gasteiger partial charge in [0.05, 0.1) is 11.8 Å². The molecule has 0 radical (unpaired) electrons. The minimum Gasteiger partial charge on any atom is -0.466 e. The lowest BCUT2D eigenvalue weighted by Gasteiger charge is -2.50. The zero-order valence-electron chi connectivity index (χ0n) is 18.4. The minimum atomic E-state index is -0.387. The molecule has 166 valence electrons. The van der Waals surface area contributed by atoms with E-state index in [1.54, 1.807) is 0 Å². The van der Waals surface area contributed by atoms with Crippen LogP contribution < -0.4 is 14.2 Å². The van der Waals surface area contributed by atoms with E-state index in [4.69, 9.17) is 19.3 Å². The number of benzene rings is 3. The van der Waals surface area contributed by atoms with Crippen molar-refractivity contribution in [2.75, 3.05) is 6.79 Å². The fraction of sp³-hybridized carbons (Fsp3) is 0.321. The molecule has 0 unspecified atom stereocenters. The van der Waals surface area contributed by atoms with Crippen molar-refractivity contribution in [1.82, 2.24) is 5.01 Å². The predicted molar refractivity (Wildman–Crippen MR) is 126 cm³/mol. The molecule has 1 saturated carbocycles. The molecule has 0 N–H and O–H groups in total. The van der Waals surface area contributed by atoms with E-state index >= 15 is 0 Å². The zero-order chi connectivity index (χ0) is 21.8. The van der Waals surface area contributed by atoms with E-state index in [1.165, 1.54) is 11.1 Å². The Bertz CT molecular complexity index is 1230. The highest BCUT2D eigenvalue weighted by Gasteiger charge is 2.52. The predicted octanol–water partition coefficient (Wildman–Crippen LogP) is 6.01. The van der Waals surface area contributed by atoms with Gasteiger partial charge in [0.2, 0.25) is 6.79 Å². The molecule has 3 aromatic rings. The fourth-order valence-corrected chi connectivity index (χ4v) is 5.94. The van der Waals surface area contributed by atoms with Crippen molar-refractivity contribution in [1.29, 1.82) is 0 Å². The lowest BCUT2D eigenvalue weighted by atomic mass is 9.78. The molecule has 0 amide bonds. The topological polar surface area (TPSA) is 43.3 Å². The second kappa shape index (κ2) is 7.27. The summed E-state index contributed by atoms with van der Waals surface area (Å²) in [5.41, 5.74) is 4.46. The lowest BCUT2D eigenvalue weighted by Crippen LogP contribution is -2.55. The van der Waals surface area contributed by atoms with Crippen LogP contribution in [-0.4, -0.2) is 23.2 Å². The minimum absolute atomic E-state index is 0.198. The largest absolute Gasteiger partial charge is 0.466 e. The third-order valence-corrected chi connectivity index (χ3v) is 7.65. The summed E-state index contributed by atoms with van der Waals surface area (Å²) >= 11 is 0. The highest BCUT2D eigenvalue weighted by Crippen LogP contribution is 2.53. The molecule has 0 aromatic heterocycles. The Hall–Kier alpha value is -3.47. The van der Waals surface area contributed by atoms with Crippen LogP contribution >= 0.6 is 0 Å². The Balaban J connectivity index is 1.24. The Labute approximate surface area is 193 Å². The van der Waals surface area contributed by atoms with E-state index in [1.807, 2.05) is 6.07 Å². The van der Waals surface area contributed by atoms with Gasteiger partial charge in [0, 0.05) is 30.4 Å². The summed E-state index contributed by atoms with van der Waals surface area (Å²) in [4.78, 5) is 0. The van der Waals surface area contributed by atoms with Crippen LogP contribution in [0.4, 0.5) is 0 Å². The van der Waals surface area contributed by atoms with Gasteiger partial charge in [-0.3, -0.25) is 0 Å². The van der Waals surface area contributed by atoms with Crippen molar-refractivity contribution < 1.29 is 14.2 Å². The molecular weight excluding hydrogens is 412 g/mol. The highest BCUT2D eigenvalue weighted by atomic mass is 16.7. The molecule has 1 atom stereocenters. The molecule has 7 rings (SSSR count). The summed E-state index contributed by atoms with van der Waals surface area (Å²) in [6.07, 6.45) is 5.00. The summed E-state index contributed by atoms with van der Waals surface area (Å²) in [5, 5.41) is 7.50. The molecule has 3 aliphatic heterocycles. The van der Waals surface area contributed by atoms with Crippen LogP contribution in [0, 0.1) is 0 Å². The first-order valence-electron chi connectivity index (χ1n) is 11.9. The molecule has 1 aliphatic carbocycles. The van der Waals surface area contributed by atoms with Crippen LogP contribution in [0.2, 0.25) is 0 Å². The van der Waals surface area contributed by atoms with Crippen LogP contribution in [0.15, 0.2) is 77.9 Å². The number of para-hydroxylation sites is 1. The van der Waals surface area contributed by atoms with Gasteiger partial charge >= 0.3 is 0 Å². The van der Waals surface area contributed by atoms with Crippen molar-refractivity contribution in [3.8, 4) is 17.2 Å². The standard InChI is InChI=1S/C28H26N2O3/c1-2-6-19(7-3-1)20-12-14-28(15-13-20)30-24(22-8-4-5-9-25(22)33-28)17-23(29-30)21-10-11-26-27(16-21)32-18-31-26/h1-11,16,20,24H,12-15,17-18H2/t20?,24-,28?/m0/s1. The Morgan fingerprint density at radius 2 is 1.61 bits per heavy atom. The molecule has 1 spiro atoms. The van der Waals surface area contributed by atoms with Crippen molar-refractivity contribution in [2.45, 2.75) is 49.8 Å². The van der Waals surface area contributed by atoms with Gasteiger partial charge in [-0.05, 0) is 48.6 Å². The second-order valence-electron chi connectivity index (χ2n) is 9.45. The number of nitrogens with zero attached hydrogens (tertiary/aromatic N) is 2. The first-order valence-corrected chi connectivity index (χ1v) is 11.9. The molecule has 4 aliphatic rings. The van der Waals surface area contributed by atoms with Gasteiger partial charge in [-0.1, -0.05) is 48.5 Å². The average molecular weight is 439 g/mol. The maximum Gasteiger partial charge on any atom is 0.231 e. The second-order valence-corrected chi connectivity index (χ2v) is 9.45. The van der Waals surface area contributed by atoms with Crippen molar-refractivity contribution >= 4 is 5.71 Å². The maximum absolute atomic E-state index is 6.79. The third kappa shape index (κ3) is 3.02. The maximum atomic E-state index is 6.79. The molecule has 5 heteroatoms. The first-order chi connectivity index (χ1) is 16.3. The summed E-state index contributed by atoms with van der Waals surface area (Å²) in [6.45, 7) is 0.285. The first kappa shape index (κ1) is 19.0. The SMILES string of the molecule is c1ccc(C2CCC3(CC2)Oc2ccccc2[C@@H]2CC(c4ccc5c(c4)OCO5)=NN23)cc1. The van der Waals surface area contributed by atoms with E-state index in [9.17, 15) is 0 Å².